The standard InChI is InChI=1S/C8H8BrClO3S/c1-5-3-6(9)7(13-2)4-8(5)14(10,11)12/h3-4H,1-2H3. The predicted molar refractivity (Wildman–Crippen MR) is 58.5 cm³/mol. The fourth-order valence-electron chi connectivity index (χ4n) is 1.05. The fraction of sp³-hybridized carbons (Fsp3) is 0.250. The van der Waals surface area contributed by atoms with Gasteiger partial charge in [-0.25, -0.2) is 8.42 Å². The van der Waals surface area contributed by atoms with Gasteiger partial charge in [0.2, 0.25) is 0 Å². The Balaban J connectivity index is 3.47. The van der Waals surface area contributed by atoms with Crippen LogP contribution in [-0.2, 0) is 9.05 Å². The van der Waals surface area contributed by atoms with Crippen molar-refractivity contribution >= 4 is 35.7 Å². The lowest BCUT2D eigenvalue weighted by molar-refractivity contribution is 0.410. The SMILES string of the molecule is COc1cc(S(=O)(=O)Cl)c(C)cc1Br. The third-order valence-electron chi connectivity index (χ3n) is 1.71. The van der Waals surface area contributed by atoms with Crippen molar-refractivity contribution in [3.05, 3.63) is 22.2 Å². The molecule has 0 amide bonds. The minimum Gasteiger partial charge on any atom is -0.496 e. The number of ether oxygens (including phenoxy) is 1. The Kier molecular flexibility index (Phi) is 3.44. The molecule has 3 nitrogen and oxygen atoms in total. The second-order valence-corrected chi connectivity index (χ2v) is 6.08. The van der Waals surface area contributed by atoms with E-state index in [1.54, 1.807) is 13.0 Å². The lowest BCUT2D eigenvalue weighted by atomic mass is 10.2. The zero-order chi connectivity index (χ0) is 10.9. The molecule has 0 saturated heterocycles. The maximum Gasteiger partial charge on any atom is 0.261 e. The van der Waals surface area contributed by atoms with Gasteiger partial charge in [-0.05, 0) is 34.5 Å². The zero-order valence-electron chi connectivity index (χ0n) is 7.54. The first kappa shape index (κ1) is 11.8. The summed E-state index contributed by atoms with van der Waals surface area (Å²) in [5.74, 6) is 0.440. The first-order valence-electron chi connectivity index (χ1n) is 3.65. The Morgan fingerprint density at radius 3 is 2.43 bits per heavy atom. The number of benzene rings is 1. The normalized spacial score (nSPS) is 11.4. The molecule has 0 radical (unpaired) electrons. The van der Waals surface area contributed by atoms with Crippen LogP contribution in [0.5, 0.6) is 5.75 Å². The van der Waals surface area contributed by atoms with Crippen molar-refractivity contribution in [2.45, 2.75) is 11.8 Å². The zero-order valence-corrected chi connectivity index (χ0v) is 10.7. The van der Waals surface area contributed by atoms with Crippen molar-refractivity contribution in [1.29, 1.82) is 0 Å². The molecule has 0 saturated carbocycles. The van der Waals surface area contributed by atoms with E-state index in [1.165, 1.54) is 13.2 Å². The Morgan fingerprint density at radius 2 is 2.00 bits per heavy atom. The van der Waals surface area contributed by atoms with E-state index in [0.717, 1.165) is 0 Å². The monoisotopic (exact) mass is 298 g/mol. The van der Waals surface area contributed by atoms with Crippen LogP contribution in [-0.4, -0.2) is 15.5 Å². The van der Waals surface area contributed by atoms with Crippen molar-refractivity contribution in [2.24, 2.45) is 0 Å². The molecule has 78 valence electrons. The second kappa shape index (κ2) is 4.08. The van der Waals surface area contributed by atoms with Gasteiger partial charge in [0.25, 0.3) is 9.05 Å². The van der Waals surface area contributed by atoms with Crippen molar-refractivity contribution in [3.63, 3.8) is 0 Å². The molecule has 6 heteroatoms. The topological polar surface area (TPSA) is 43.4 Å². The molecule has 0 atom stereocenters. The minimum atomic E-state index is -3.71. The van der Waals surface area contributed by atoms with Gasteiger partial charge in [-0.1, -0.05) is 0 Å². The Hall–Kier alpha value is -0.260. The van der Waals surface area contributed by atoms with Gasteiger partial charge in [0.05, 0.1) is 16.5 Å². The highest BCUT2D eigenvalue weighted by molar-refractivity contribution is 9.10. The van der Waals surface area contributed by atoms with Gasteiger partial charge in [0.1, 0.15) is 5.75 Å². The van der Waals surface area contributed by atoms with Crippen LogP contribution >= 0.6 is 26.6 Å². The van der Waals surface area contributed by atoms with Crippen LogP contribution < -0.4 is 4.74 Å². The predicted octanol–water partition coefficient (Wildman–Crippen LogP) is 2.69. The van der Waals surface area contributed by atoms with E-state index in [2.05, 4.69) is 15.9 Å². The van der Waals surface area contributed by atoms with Crippen LogP contribution in [0.4, 0.5) is 0 Å². The van der Waals surface area contributed by atoms with Gasteiger partial charge >= 0.3 is 0 Å². The summed E-state index contributed by atoms with van der Waals surface area (Å²) < 4.78 is 27.9. The Morgan fingerprint density at radius 1 is 1.43 bits per heavy atom. The van der Waals surface area contributed by atoms with E-state index >= 15 is 0 Å². The summed E-state index contributed by atoms with van der Waals surface area (Å²) >= 11 is 3.25. The van der Waals surface area contributed by atoms with Crippen LogP contribution in [0.3, 0.4) is 0 Å². The highest BCUT2D eigenvalue weighted by Gasteiger charge is 2.16. The summed E-state index contributed by atoms with van der Waals surface area (Å²) in [6, 6.07) is 3.04. The van der Waals surface area contributed by atoms with Gasteiger partial charge in [-0.15, -0.1) is 0 Å². The van der Waals surface area contributed by atoms with E-state index in [1.807, 2.05) is 0 Å². The smallest absolute Gasteiger partial charge is 0.261 e. The summed E-state index contributed by atoms with van der Waals surface area (Å²) in [6.07, 6.45) is 0. The van der Waals surface area contributed by atoms with E-state index in [9.17, 15) is 8.42 Å². The molecule has 0 fully saturated rings. The van der Waals surface area contributed by atoms with E-state index < -0.39 is 9.05 Å². The molecule has 0 aromatic heterocycles. The average molecular weight is 300 g/mol. The summed E-state index contributed by atoms with van der Waals surface area (Å²) in [5.41, 5.74) is 0.577. The van der Waals surface area contributed by atoms with Gasteiger partial charge in [0.15, 0.2) is 0 Å². The lowest BCUT2D eigenvalue weighted by Gasteiger charge is -2.07. The van der Waals surface area contributed by atoms with Crippen LogP contribution in [0.2, 0.25) is 0 Å². The van der Waals surface area contributed by atoms with E-state index in [0.29, 0.717) is 15.8 Å². The number of rotatable bonds is 2. The number of aryl methyl sites for hydroxylation is 1. The van der Waals surface area contributed by atoms with Crippen LogP contribution in [0.1, 0.15) is 5.56 Å². The van der Waals surface area contributed by atoms with Crippen LogP contribution in [0, 0.1) is 6.92 Å². The molecule has 14 heavy (non-hydrogen) atoms. The highest BCUT2D eigenvalue weighted by atomic mass is 79.9. The minimum absolute atomic E-state index is 0.0687. The molecular formula is C8H8BrClO3S. The average Bonchev–Trinajstić information content (AvgIpc) is 2.02. The molecule has 1 aromatic carbocycles. The first-order chi connectivity index (χ1) is 6.36. The Labute approximate surface area is 95.6 Å². The number of hydrogen-bond acceptors (Lipinski definition) is 3. The fourth-order valence-corrected chi connectivity index (χ4v) is 2.86. The molecule has 0 heterocycles. The summed E-state index contributed by atoms with van der Waals surface area (Å²) in [6.45, 7) is 1.67. The van der Waals surface area contributed by atoms with Crippen LogP contribution in [0.15, 0.2) is 21.5 Å². The first-order valence-corrected chi connectivity index (χ1v) is 6.75. The highest BCUT2D eigenvalue weighted by Crippen LogP contribution is 2.31. The molecule has 0 N–H and O–H groups in total. The molecule has 0 aliphatic rings. The molecule has 0 unspecified atom stereocenters. The van der Waals surface area contributed by atoms with Gasteiger partial charge < -0.3 is 4.74 Å². The van der Waals surface area contributed by atoms with E-state index in [-0.39, 0.29) is 4.90 Å². The van der Waals surface area contributed by atoms with E-state index in [4.69, 9.17) is 15.4 Å². The van der Waals surface area contributed by atoms with Gasteiger partial charge in [-0.2, -0.15) is 0 Å². The molecular weight excluding hydrogens is 292 g/mol. The Bertz CT molecular complexity index is 456. The van der Waals surface area contributed by atoms with Gasteiger partial charge in [-0.3, -0.25) is 0 Å². The largest absolute Gasteiger partial charge is 0.496 e. The number of hydrogen-bond donors (Lipinski definition) is 0. The molecule has 1 aromatic rings. The van der Waals surface area contributed by atoms with Crippen molar-refractivity contribution in [1.82, 2.24) is 0 Å². The van der Waals surface area contributed by atoms with Crippen LogP contribution in [0.25, 0.3) is 0 Å². The molecule has 0 aliphatic heterocycles. The second-order valence-electron chi connectivity index (χ2n) is 2.69. The molecule has 0 bridgehead atoms. The summed E-state index contributed by atoms with van der Waals surface area (Å²) in [5, 5.41) is 0. The quantitative estimate of drug-likeness (QED) is 0.789. The summed E-state index contributed by atoms with van der Waals surface area (Å²) in [4.78, 5) is 0.0687. The van der Waals surface area contributed by atoms with Crippen molar-refractivity contribution < 1.29 is 13.2 Å². The third kappa shape index (κ3) is 2.40. The maximum absolute atomic E-state index is 11.1. The number of halogens is 2. The third-order valence-corrected chi connectivity index (χ3v) is 3.80. The number of methoxy groups -OCH3 is 1. The van der Waals surface area contributed by atoms with Gasteiger partial charge in [0, 0.05) is 16.7 Å². The molecule has 1 rings (SSSR count). The lowest BCUT2D eigenvalue weighted by Crippen LogP contribution is -1.96. The van der Waals surface area contributed by atoms with Crippen molar-refractivity contribution in [3.8, 4) is 5.75 Å². The molecule has 0 spiro atoms. The summed E-state index contributed by atoms with van der Waals surface area (Å²) in [7, 11) is 2.99. The molecule has 0 aliphatic carbocycles. The van der Waals surface area contributed by atoms with Crippen molar-refractivity contribution in [2.75, 3.05) is 7.11 Å². The maximum atomic E-state index is 11.1.